The summed E-state index contributed by atoms with van der Waals surface area (Å²) in [6.07, 6.45) is 0.839. The van der Waals surface area contributed by atoms with Gasteiger partial charge in [0.05, 0.1) is 5.54 Å². The van der Waals surface area contributed by atoms with Crippen LogP contribution < -0.4 is 16.4 Å². The molecule has 4 N–H and O–H groups in total. The first-order chi connectivity index (χ1) is 14.7. The van der Waals surface area contributed by atoms with Crippen molar-refractivity contribution in [3.05, 3.63) is 59.7 Å². The first-order valence-corrected chi connectivity index (χ1v) is 11.0. The molecule has 6 heteroatoms. The van der Waals surface area contributed by atoms with Crippen molar-refractivity contribution >= 4 is 23.3 Å². The smallest absolute Gasteiger partial charge is 0.321 e. The average molecular weight is 423 g/mol. The summed E-state index contributed by atoms with van der Waals surface area (Å²) in [4.78, 5) is 27.1. The van der Waals surface area contributed by atoms with E-state index in [4.69, 9.17) is 5.73 Å². The Morgan fingerprint density at radius 1 is 0.806 bits per heavy atom. The van der Waals surface area contributed by atoms with Crippen LogP contribution in [0.25, 0.3) is 0 Å². The molecule has 0 radical (unpaired) electrons. The lowest BCUT2D eigenvalue weighted by Crippen LogP contribution is -2.58. The minimum atomic E-state index is -0.980. The van der Waals surface area contributed by atoms with Crippen molar-refractivity contribution in [2.75, 3.05) is 23.7 Å². The number of likely N-dealkylation sites (tertiary alicyclic amines) is 1. The van der Waals surface area contributed by atoms with Crippen molar-refractivity contribution in [1.29, 1.82) is 0 Å². The Balaban J connectivity index is 1.53. The van der Waals surface area contributed by atoms with Gasteiger partial charge in [-0.2, -0.15) is 0 Å². The van der Waals surface area contributed by atoms with Crippen molar-refractivity contribution in [1.82, 2.24) is 4.90 Å². The van der Waals surface area contributed by atoms with E-state index in [2.05, 4.69) is 38.3 Å². The number of nitrogens with zero attached hydrogens (tertiary/aromatic N) is 1. The number of carbonyl (C=O) groups is 2. The van der Waals surface area contributed by atoms with Crippen LogP contribution in [0, 0.1) is 0 Å². The van der Waals surface area contributed by atoms with Gasteiger partial charge in [0, 0.05) is 24.5 Å². The van der Waals surface area contributed by atoms with Crippen LogP contribution in [-0.2, 0) is 4.79 Å². The quantitative estimate of drug-likeness (QED) is 0.641. The number of urea groups is 1. The van der Waals surface area contributed by atoms with E-state index in [-0.39, 0.29) is 11.9 Å². The molecule has 0 bridgehead atoms. The number of nitrogens with one attached hydrogen (secondary N) is 2. The van der Waals surface area contributed by atoms with Crippen LogP contribution in [0.3, 0.4) is 0 Å². The number of nitrogens with two attached hydrogens (primary N) is 1. The number of rotatable bonds is 5. The van der Waals surface area contributed by atoms with Crippen molar-refractivity contribution in [2.24, 2.45) is 5.73 Å². The van der Waals surface area contributed by atoms with Gasteiger partial charge < -0.3 is 21.3 Å². The number of piperidine rings is 1. The molecule has 1 heterocycles. The molecule has 3 rings (SSSR count). The summed E-state index contributed by atoms with van der Waals surface area (Å²) in [5, 5.41) is 5.87. The molecular weight excluding hydrogens is 388 g/mol. The van der Waals surface area contributed by atoms with Gasteiger partial charge in [-0.15, -0.1) is 0 Å². The number of hydrogen-bond donors (Lipinski definition) is 3. The van der Waals surface area contributed by atoms with Crippen molar-refractivity contribution in [2.45, 2.75) is 57.9 Å². The maximum absolute atomic E-state index is 12.8. The van der Waals surface area contributed by atoms with Crippen LogP contribution in [0.4, 0.5) is 16.2 Å². The Morgan fingerprint density at radius 3 is 1.65 bits per heavy atom. The predicted octanol–water partition coefficient (Wildman–Crippen LogP) is 4.90. The number of benzene rings is 2. The van der Waals surface area contributed by atoms with Crippen LogP contribution in [0.5, 0.6) is 0 Å². The molecule has 1 saturated heterocycles. The molecule has 0 unspecified atom stereocenters. The van der Waals surface area contributed by atoms with E-state index in [1.165, 1.54) is 11.1 Å². The van der Waals surface area contributed by atoms with E-state index >= 15 is 0 Å². The third-order valence-corrected chi connectivity index (χ3v) is 6.06. The summed E-state index contributed by atoms with van der Waals surface area (Å²) in [6, 6.07) is 15.6. The van der Waals surface area contributed by atoms with Crippen molar-refractivity contribution in [3.63, 3.8) is 0 Å². The van der Waals surface area contributed by atoms with Gasteiger partial charge in [0.2, 0.25) is 5.91 Å². The van der Waals surface area contributed by atoms with E-state index in [1.54, 1.807) is 4.90 Å². The lowest BCUT2D eigenvalue weighted by Gasteiger charge is -2.37. The predicted molar refractivity (Wildman–Crippen MR) is 126 cm³/mol. The van der Waals surface area contributed by atoms with Gasteiger partial charge in [-0.1, -0.05) is 52.0 Å². The van der Waals surface area contributed by atoms with E-state index in [1.807, 2.05) is 48.5 Å². The number of amides is 3. The van der Waals surface area contributed by atoms with Crippen LogP contribution in [0.15, 0.2) is 48.5 Å². The molecule has 2 aromatic carbocycles. The summed E-state index contributed by atoms with van der Waals surface area (Å²) in [6.45, 7) is 9.41. The fraction of sp³-hybridized carbons (Fsp3) is 0.440. The summed E-state index contributed by atoms with van der Waals surface area (Å²) in [5.74, 6) is 0.687. The second kappa shape index (κ2) is 9.52. The normalized spacial score (nSPS) is 15.8. The lowest BCUT2D eigenvalue weighted by molar-refractivity contribution is -0.122. The number of carbonyl (C=O) groups excluding carboxylic acids is 2. The second-order valence-corrected chi connectivity index (χ2v) is 9.08. The molecule has 1 aliphatic rings. The molecule has 6 nitrogen and oxygen atoms in total. The first-order valence-electron chi connectivity index (χ1n) is 11.0. The molecule has 3 amide bonds. The highest BCUT2D eigenvalue weighted by Crippen LogP contribution is 2.24. The van der Waals surface area contributed by atoms with Gasteiger partial charge in [0.15, 0.2) is 0 Å². The highest BCUT2D eigenvalue weighted by atomic mass is 16.2. The standard InChI is InChI=1S/C25H34N4O2/c1-17(2)19-5-9-21(10-6-19)27-23(30)25(26)13-15-29(16-14-25)24(31)28-22-11-7-20(8-12-22)18(3)4/h5-12,17-18H,13-16,26H2,1-4H3,(H,27,30)(H,28,31). The number of hydrogen-bond acceptors (Lipinski definition) is 3. The van der Waals surface area contributed by atoms with Gasteiger partial charge in [0.25, 0.3) is 0 Å². The maximum Gasteiger partial charge on any atom is 0.321 e. The molecule has 0 aromatic heterocycles. The van der Waals surface area contributed by atoms with Gasteiger partial charge in [0.1, 0.15) is 0 Å². The van der Waals surface area contributed by atoms with Crippen LogP contribution in [0.2, 0.25) is 0 Å². The zero-order valence-electron chi connectivity index (χ0n) is 18.9. The highest BCUT2D eigenvalue weighted by Gasteiger charge is 2.38. The highest BCUT2D eigenvalue weighted by molar-refractivity contribution is 5.98. The molecule has 0 saturated carbocycles. The van der Waals surface area contributed by atoms with E-state index in [0.29, 0.717) is 37.8 Å². The Morgan fingerprint density at radius 2 is 1.23 bits per heavy atom. The Labute approximate surface area is 185 Å². The molecule has 1 fully saturated rings. The monoisotopic (exact) mass is 422 g/mol. The molecule has 0 spiro atoms. The molecule has 0 atom stereocenters. The fourth-order valence-corrected chi connectivity index (χ4v) is 3.70. The van der Waals surface area contributed by atoms with E-state index in [9.17, 15) is 9.59 Å². The largest absolute Gasteiger partial charge is 0.324 e. The second-order valence-electron chi connectivity index (χ2n) is 9.08. The van der Waals surface area contributed by atoms with Crippen LogP contribution in [-0.4, -0.2) is 35.5 Å². The minimum absolute atomic E-state index is 0.163. The fourth-order valence-electron chi connectivity index (χ4n) is 3.70. The zero-order valence-corrected chi connectivity index (χ0v) is 18.9. The molecule has 2 aromatic rings. The molecular formula is C25H34N4O2. The third-order valence-electron chi connectivity index (χ3n) is 6.06. The SMILES string of the molecule is CC(C)c1ccc(NC(=O)N2CCC(N)(C(=O)Nc3ccc(C(C)C)cc3)CC2)cc1. The molecule has 166 valence electrons. The summed E-state index contributed by atoms with van der Waals surface area (Å²) in [5.41, 5.74) is 9.39. The third kappa shape index (κ3) is 5.64. The summed E-state index contributed by atoms with van der Waals surface area (Å²) >= 11 is 0. The Kier molecular flexibility index (Phi) is 7.01. The minimum Gasteiger partial charge on any atom is -0.324 e. The molecule has 31 heavy (non-hydrogen) atoms. The summed E-state index contributed by atoms with van der Waals surface area (Å²) in [7, 11) is 0. The van der Waals surface area contributed by atoms with Gasteiger partial charge in [-0.25, -0.2) is 4.79 Å². The van der Waals surface area contributed by atoms with Crippen molar-refractivity contribution < 1.29 is 9.59 Å². The van der Waals surface area contributed by atoms with Gasteiger partial charge in [-0.3, -0.25) is 4.79 Å². The Hall–Kier alpha value is -2.86. The number of anilines is 2. The lowest BCUT2D eigenvalue weighted by atomic mass is 9.87. The maximum atomic E-state index is 12.8. The zero-order chi connectivity index (χ0) is 22.6. The van der Waals surface area contributed by atoms with E-state index < -0.39 is 5.54 Å². The van der Waals surface area contributed by atoms with Gasteiger partial charge >= 0.3 is 6.03 Å². The topological polar surface area (TPSA) is 87.5 Å². The average Bonchev–Trinajstić information content (AvgIpc) is 2.75. The van der Waals surface area contributed by atoms with Crippen molar-refractivity contribution in [3.8, 4) is 0 Å². The van der Waals surface area contributed by atoms with Crippen LogP contribution in [0.1, 0.15) is 63.5 Å². The van der Waals surface area contributed by atoms with E-state index in [0.717, 1.165) is 11.4 Å². The first kappa shape index (κ1) is 22.8. The molecule has 0 aliphatic carbocycles. The van der Waals surface area contributed by atoms with Crippen LogP contribution >= 0.6 is 0 Å². The summed E-state index contributed by atoms with van der Waals surface area (Å²) < 4.78 is 0. The molecule has 1 aliphatic heterocycles. The van der Waals surface area contributed by atoms with Gasteiger partial charge in [-0.05, 0) is 60.1 Å². The Bertz CT molecular complexity index is 896.